The van der Waals surface area contributed by atoms with Crippen molar-refractivity contribution < 1.29 is 14.6 Å². The Bertz CT molecular complexity index is 312. The van der Waals surface area contributed by atoms with Gasteiger partial charge in [0.25, 0.3) is 0 Å². The minimum absolute atomic E-state index is 0.0627. The highest BCUT2D eigenvalue weighted by Gasteiger charge is 2.11. The monoisotopic (exact) mass is 229 g/mol. The number of rotatable bonds is 5. The van der Waals surface area contributed by atoms with Crippen LogP contribution in [-0.4, -0.2) is 42.4 Å². The molecule has 0 radical (unpaired) electrons. The number of carbonyl (C=O) groups is 1. The summed E-state index contributed by atoms with van der Waals surface area (Å²) in [5, 5.41) is 11.5. The van der Waals surface area contributed by atoms with E-state index in [0.29, 0.717) is 0 Å². The summed E-state index contributed by atoms with van der Waals surface area (Å²) in [5.74, 6) is -0.537. The molecule has 0 saturated heterocycles. The van der Waals surface area contributed by atoms with E-state index in [1.807, 2.05) is 0 Å². The number of carbonyl (C=O) groups excluding carboxylic acids is 1. The number of allylic oxidation sites excluding steroid dienone is 1. The number of nitro groups is 1. The molecular formula is C9H15N3O4. The fourth-order valence-electron chi connectivity index (χ4n) is 0.846. The molecule has 0 aliphatic heterocycles. The molecule has 0 aliphatic carbocycles. The van der Waals surface area contributed by atoms with Crippen LogP contribution in [0.3, 0.4) is 0 Å². The number of hydrogen-bond donors (Lipinski definition) is 0. The van der Waals surface area contributed by atoms with Gasteiger partial charge < -0.3 is 10.1 Å². The molecule has 0 aromatic heterocycles. The molecule has 90 valence electrons. The first-order valence-corrected chi connectivity index (χ1v) is 4.65. The van der Waals surface area contributed by atoms with Gasteiger partial charge in [-0.25, -0.2) is 5.06 Å². The molecule has 0 saturated carbocycles. The van der Waals surface area contributed by atoms with Gasteiger partial charge in [-0.15, -0.1) is 0 Å². The van der Waals surface area contributed by atoms with Gasteiger partial charge in [0, 0.05) is 13.1 Å². The lowest BCUT2D eigenvalue weighted by Gasteiger charge is -2.11. The molecule has 0 fully saturated rings. The van der Waals surface area contributed by atoms with E-state index in [2.05, 4.69) is 9.83 Å². The van der Waals surface area contributed by atoms with Crippen LogP contribution in [0.4, 0.5) is 0 Å². The van der Waals surface area contributed by atoms with E-state index in [1.54, 1.807) is 6.92 Å². The number of hydrogen-bond acceptors (Lipinski definition) is 5. The van der Waals surface area contributed by atoms with E-state index in [4.69, 9.17) is 0 Å². The molecule has 0 rings (SSSR count). The van der Waals surface area contributed by atoms with Gasteiger partial charge in [0.05, 0.1) is 13.5 Å². The normalized spacial score (nSPS) is 11.8. The minimum atomic E-state index is -0.593. The van der Waals surface area contributed by atoms with E-state index in [1.165, 1.54) is 26.3 Å². The molecule has 0 aliphatic rings. The minimum Gasteiger partial charge on any atom is -0.358 e. The van der Waals surface area contributed by atoms with Crippen LogP contribution in [0.25, 0.3) is 0 Å². The van der Waals surface area contributed by atoms with Crippen molar-refractivity contribution in [2.45, 2.75) is 13.3 Å². The summed E-state index contributed by atoms with van der Waals surface area (Å²) in [6.07, 6.45) is 2.87. The fourth-order valence-corrected chi connectivity index (χ4v) is 0.846. The van der Waals surface area contributed by atoms with E-state index in [0.717, 1.165) is 5.06 Å². The first-order chi connectivity index (χ1) is 7.52. The van der Waals surface area contributed by atoms with Crippen molar-refractivity contribution in [2.24, 2.45) is 4.99 Å². The predicted molar refractivity (Wildman–Crippen MR) is 58.5 cm³/mol. The lowest BCUT2D eigenvalue weighted by molar-refractivity contribution is -0.348. The summed E-state index contributed by atoms with van der Waals surface area (Å²) in [6, 6.07) is 0. The van der Waals surface area contributed by atoms with Crippen molar-refractivity contribution in [3.63, 3.8) is 0 Å². The third kappa shape index (κ3) is 5.20. The summed E-state index contributed by atoms with van der Waals surface area (Å²) < 4.78 is 0. The summed E-state index contributed by atoms with van der Waals surface area (Å²) in [7, 11) is 2.83. The Morgan fingerprint density at radius 2 is 2.25 bits per heavy atom. The van der Waals surface area contributed by atoms with E-state index >= 15 is 0 Å². The molecule has 16 heavy (non-hydrogen) atoms. The summed E-state index contributed by atoms with van der Waals surface area (Å²) in [6.45, 7) is 1.72. The van der Waals surface area contributed by atoms with Crippen LogP contribution < -0.4 is 0 Å². The Kier molecular flexibility index (Phi) is 6.69. The van der Waals surface area contributed by atoms with Crippen LogP contribution in [0.1, 0.15) is 13.3 Å². The van der Waals surface area contributed by atoms with Gasteiger partial charge in [0.1, 0.15) is 6.54 Å². The van der Waals surface area contributed by atoms with Gasteiger partial charge in [-0.2, -0.15) is 0 Å². The zero-order valence-corrected chi connectivity index (χ0v) is 9.54. The third-order valence-corrected chi connectivity index (χ3v) is 1.73. The predicted octanol–water partition coefficient (Wildman–Crippen LogP) is 0.648. The second-order valence-corrected chi connectivity index (χ2v) is 2.82. The number of hydroxylamine groups is 2. The summed E-state index contributed by atoms with van der Waals surface area (Å²) in [4.78, 5) is 29.4. The van der Waals surface area contributed by atoms with Crippen molar-refractivity contribution >= 4 is 11.7 Å². The highest BCUT2D eigenvalue weighted by Crippen LogP contribution is 1.93. The largest absolute Gasteiger partial charge is 0.358 e. The van der Waals surface area contributed by atoms with Gasteiger partial charge in [-0.3, -0.25) is 9.63 Å². The van der Waals surface area contributed by atoms with E-state index in [-0.39, 0.29) is 24.7 Å². The lowest BCUT2D eigenvalue weighted by atomic mass is 10.4. The molecule has 0 N–H and O–H groups in total. The second kappa shape index (κ2) is 7.52. The molecule has 0 atom stereocenters. The average molecular weight is 229 g/mol. The molecule has 1 amide bonds. The van der Waals surface area contributed by atoms with Crippen molar-refractivity contribution in [3.05, 3.63) is 22.3 Å². The topological polar surface area (TPSA) is 85.0 Å². The molecule has 0 aromatic rings. The van der Waals surface area contributed by atoms with Crippen LogP contribution in [0.5, 0.6) is 0 Å². The maximum absolute atomic E-state index is 11.2. The Labute approximate surface area is 93.5 Å². The van der Waals surface area contributed by atoms with E-state index < -0.39 is 4.92 Å². The fraction of sp³-hybridized carbons (Fsp3) is 0.556. The van der Waals surface area contributed by atoms with Gasteiger partial charge >= 0.3 is 5.84 Å². The molecule has 7 nitrogen and oxygen atoms in total. The number of amidine groups is 1. The maximum atomic E-state index is 11.2. The van der Waals surface area contributed by atoms with Crippen molar-refractivity contribution in [3.8, 4) is 0 Å². The maximum Gasteiger partial charge on any atom is 0.357 e. The van der Waals surface area contributed by atoms with Crippen molar-refractivity contribution in [2.75, 3.05) is 20.7 Å². The molecule has 0 unspecified atom stereocenters. The van der Waals surface area contributed by atoms with Gasteiger partial charge in [-0.05, 0) is 11.8 Å². The lowest BCUT2D eigenvalue weighted by Crippen LogP contribution is -2.25. The molecule has 0 aromatic carbocycles. The Balaban J connectivity index is 4.25. The third-order valence-electron chi connectivity index (χ3n) is 1.73. The highest BCUT2D eigenvalue weighted by atomic mass is 16.7. The number of aliphatic imine (C=N–C) groups is 1. The van der Waals surface area contributed by atoms with Gasteiger partial charge in [-0.1, -0.05) is 11.1 Å². The zero-order valence-electron chi connectivity index (χ0n) is 9.54. The summed E-state index contributed by atoms with van der Waals surface area (Å²) in [5.41, 5.74) is 0. The standard InChI is InChI=1S/C9H15N3O4/c1-4-5-8(12(14)15)10-7-6-9(13)11(2)16-3/h4-5H,6-7H2,1-3H3/b5-4-,10-8+. The van der Waals surface area contributed by atoms with E-state index in [9.17, 15) is 14.9 Å². The molecule has 0 bridgehead atoms. The Morgan fingerprint density at radius 1 is 1.62 bits per heavy atom. The summed E-state index contributed by atoms with van der Waals surface area (Å²) >= 11 is 0. The average Bonchev–Trinajstić information content (AvgIpc) is 2.26. The molecular weight excluding hydrogens is 214 g/mol. The first kappa shape index (κ1) is 14.2. The quantitative estimate of drug-likeness (QED) is 0.300. The molecule has 0 spiro atoms. The smallest absolute Gasteiger partial charge is 0.357 e. The van der Waals surface area contributed by atoms with Crippen LogP contribution in [-0.2, 0) is 9.63 Å². The Morgan fingerprint density at radius 3 is 2.69 bits per heavy atom. The van der Waals surface area contributed by atoms with Gasteiger partial charge in [0.2, 0.25) is 5.91 Å². The van der Waals surface area contributed by atoms with Crippen molar-refractivity contribution in [1.82, 2.24) is 5.06 Å². The first-order valence-electron chi connectivity index (χ1n) is 4.65. The number of amides is 1. The second-order valence-electron chi connectivity index (χ2n) is 2.82. The van der Waals surface area contributed by atoms with Crippen LogP contribution in [0.2, 0.25) is 0 Å². The van der Waals surface area contributed by atoms with Crippen molar-refractivity contribution in [1.29, 1.82) is 0 Å². The highest BCUT2D eigenvalue weighted by molar-refractivity contribution is 5.86. The molecule has 7 heteroatoms. The zero-order chi connectivity index (χ0) is 12.6. The molecule has 0 heterocycles. The Hall–Kier alpha value is -1.76. The SMILES string of the molecule is C/C=C\C(=N/CCC(=O)N(C)OC)[N+](=O)[O-]. The van der Waals surface area contributed by atoms with Gasteiger partial charge in [0.15, 0.2) is 0 Å². The van der Waals surface area contributed by atoms with Crippen LogP contribution in [0.15, 0.2) is 17.1 Å². The number of nitrogens with zero attached hydrogens (tertiary/aromatic N) is 3. The van der Waals surface area contributed by atoms with Crippen LogP contribution in [0, 0.1) is 10.1 Å². The van der Waals surface area contributed by atoms with Crippen LogP contribution >= 0.6 is 0 Å².